The van der Waals surface area contributed by atoms with Crippen molar-refractivity contribution in [1.29, 1.82) is 0 Å². The fourth-order valence-corrected chi connectivity index (χ4v) is 4.05. The maximum absolute atomic E-state index is 13.3. The molecule has 4 aromatic rings. The molecule has 0 atom stereocenters. The Balaban J connectivity index is 1.74. The molecule has 4 rings (SSSR count). The van der Waals surface area contributed by atoms with E-state index >= 15 is 0 Å². The second-order valence-corrected chi connectivity index (χ2v) is 8.49. The van der Waals surface area contributed by atoms with Gasteiger partial charge in [0.25, 0.3) is 0 Å². The van der Waals surface area contributed by atoms with Gasteiger partial charge in [-0.1, -0.05) is 35.9 Å². The normalized spacial score (nSPS) is 10.7. The number of nitrogens with zero attached hydrogens (tertiary/aromatic N) is 4. The Morgan fingerprint density at radius 3 is 2.56 bits per heavy atom. The summed E-state index contributed by atoms with van der Waals surface area (Å²) in [4.78, 5) is 29.0. The predicted molar refractivity (Wildman–Crippen MR) is 141 cm³/mol. The summed E-state index contributed by atoms with van der Waals surface area (Å²) in [5.41, 5.74) is 1.75. The van der Waals surface area contributed by atoms with E-state index in [4.69, 9.17) is 16.3 Å². The number of nitro groups is 1. The van der Waals surface area contributed by atoms with Crippen molar-refractivity contribution in [3.05, 3.63) is 98.3 Å². The first kappa shape index (κ1) is 25.1. The number of methoxy groups -OCH3 is 1. The van der Waals surface area contributed by atoms with Gasteiger partial charge in [-0.25, -0.2) is 4.98 Å². The van der Waals surface area contributed by atoms with Crippen molar-refractivity contribution in [2.75, 3.05) is 16.8 Å². The minimum Gasteiger partial charge on any atom is -0.497 e. The number of carbonyl (C=O) groups excluding carboxylic acids is 1. The SMILES string of the molecule is COc1ccc(Cn2nc(Nc3cc(NBr)ncc3C(=O)c3ccccc3Cl)c([N+](=O)[O-])c2C)cc1. The fourth-order valence-electron chi connectivity index (χ4n) is 3.61. The molecule has 0 unspecified atom stereocenters. The smallest absolute Gasteiger partial charge is 0.334 e. The second-order valence-electron chi connectivity index (χ2n) is 7.69. The summed E-state index contributed by atoms with van der Waals surface area (Å²) in [6.45, 7) is 1.92. The van der Waals surface area contributed by atoms with Gasteiger partial charge in [0.2, 0.25) is 5.82 Å². The van der Waals surface area contributed by atoms with Crippen molar-refractivity contribution in [2.45, 2.75) is 13.5 Å². The second kappa shape index (κ2) is 10.8. The third-order valence-electron chi connectivity index (χ3n) is 5.47. The van der Waals surface area contributed by atoms with E-state index in [-0.39, 0.29) is 33.3 Å². The van der Waals surface area contributed by atoms with Crippen LogP contribution in [0.4, 0.5) is 23.0 Å². The Bertz CT molecular complexity index is 1440. The first-order chi connectivity index (χ1) is 17.3. The number of pyridine rings is 1. The van der Waals surface area contributed by atoms with E-state index in [0.29, 0.717) is 23.8 Å². The summed E-state index contributed by atoms with van der Waals surface area (Å²) in [5.74, 6) is 0.679. The fraction of sp³-hybridized carbons (Fsp3) is 0.125. The molecule has 2 aromatic carbocycles. The maximum Gasteiger partial charge on any atom is 0.334 e. The highest BCUT2D eigenvalue weighted by molar-refractivity contribution is 9.10. The first-order valence-electron chi connectivity index (χ1n) is 10.6. The zero-order chi connectivity index (χ0) is 25.8. The molecule has 0 aliphatic carbocycles. The highest BCUT2D eigenvalue weighted by Crippen LogP contribution is 2.34. The van der Waals surface area contributed by atoms with Crippen LogP contribution in [0.5, 0.6) is 5.75 Å². The van der Waals surface area contributed by atoms with Gasteiger partial charge in [0, 0.05) is 34.0 Å². The van der Waals surface area contributed by atoms with Crippen LogP contribution >= 0.6 is 27.7 Å². The van der Waals surface area contributed by atoms with E-state index < -0.39 is 10.7 Å². The molecule has 12 heteroatoms. The molecular weight excluding hydrogens is 552 g/mol. The topological polar surface area (TPSA) is 124 Å². The summed E-state index contributed by atoms with van der Waals surface area (Å²) >= 11 is 9.35. The van der Waals surface area contributed by atoms with E-state index in [9.17, 15) is 14.9 Å². The number of carbonyl (C=O) groups is 1. The standard InChI is InChI=1S/C24H20BrClN6O4/c1-14-22(32(34)35)24(30-31(14)13-15-7-9-16(36-2)10-8-15)28-20-11-21(29-25)27-12-18(20)23(33)17-5-3-4-6-19(17)26/h3-12H,13H2,1-2H3,(H2,27,28,29,30). The van der Waals surface area contributed by atoms with Crippen LogP contribution in [0.2, 0.25) is 5.02 Å². The van der Waals surface area contributed by atoms with Gasteiger partial charge in [-0.15, -0.1) is 5.10 Å². The number of nitrogens with one attached hydrogen (secondary N) is 2. The van der Waals surface area contributed by atoms with Crippen LogP contribution in [0.1, 0.15) is 27.2 Å². The van der Waals surface area contributed by atoms with E-state index in [1.54, 1.807) is 56.5 Å². The quantitative estimate of drug-likeness (QED) is 0.110. The lowest BCUT2D eigenvalue weighted by molar-refractivity contribution is -0.384. The molecule has 0 spiro atoms. The molecule has 2 heterocycles. The van der Waals surface area contributed by atoms with Gasteiger partial charge in [0.15, 0.2) is 5.78 Å². The molecule has 184 valence electrons. The number of hydrogen-bond acceptors (Lipinski definition) is 8. The summed E-state index contributed by atoms with van der Waals surface area (Å²) in [5, 5.41) is 19.7. The average molecular weight is 572 g/mol. The molecule has 0 aliphatic heterocycles. The van der Waals surface area contributed by atoms with E-state index in [0.717, 1.165) is 5.56 Å². The van der Waals surface area contributed by atoms with Crippen molar-refractivity contribution in [3.63, 3.8) is 0 Å². The van der Waals surface area contributed by atoms with E-state index in [1.165, 1.54) is 10.9 Å². The van der Waals surface area contributed by atoms with Gasteiger partial charge in [0.1, 0.15) is 17.3 Å². The lowest BCUT2D eigenvalue weighted by Crippen LogP contribution is -2.09. The van der Waals surface area contributed by atoms with Crippen molar-refractivity contribution < 1.29 is 14.5 Å². The Hall–Kier alpha value is -3.96. The van der Waals surface area contributed by atoms with Gasteiger partial charge >= 0.3 is 5.69 Å². The molecule has 0 fully saturated rings. The third kappa shape index (κ3) is 5.16. The van der Waals surface area contributed by atoms with Crippen molar-refractivity contribution in [3.8, 4) is 5.75 Å². The summed E-state index contributed by atoms with van der Waals surface area (Å²) in [6.07, 6.45) is 1.37. The van der Waals surface area contributed by atoms with Gasteiger partial charge in [-0.3, -0.25) is 19.6 Å². The summed E-state index contributed by atoms with van der Waals surface area (Å²) in [7, 11) is 1.58. The van der Waals surface area contributed by atoms with Crippen LogP contribution in [0.15, 0.2) is 60.8 Å². The molecule has 0 amide bonds. The lowest BCUT2D eigenvalue weighted by atomic mass is 10.0. The molecule has 0 aliphatic rings. The Morgan fingerprint density at radius 2 is 1.92 bits per heavy atom. The highest BCUT2D eigenvalue weighted by Gasteiger charge is 2.27. The first-order valence-corrected chi connectivity index (χ1v) is 11.8. The largest absolute Gasteiger partial charge is 0.497 e. The van der Waals surface area contributed by atoms with Crippen molar-refractivity contribution >= 4 is 56.5 Å². The van der Waals surface area contributed by atoms with Gasteiger partial charge in [0.05, 0.1) is 34.9 Å². The molecule has 10 nitrogen and oxygen atoms in total. The zero-order valence-corrected chi connectivity index (χ0v) is 21.5. The van der Waals surface area contributed by atoms with Crippen molar-refractivity contribution in [2.24, 2.45) is 0 Å². The number of ether oxygens (including phenoxy) is 1. The molecule has 0 radical (unpaired) electrons. The van der Waals surface area contributed by atoms with Crippen LogP contribution in [0, 0.1) is 17.0 Å². The van der Waals surface area contributed by atoms with Gasteiger partial charge < -0.3 is 14.4 Å². The van der Waals surface area contributed by atoms with E-state index in [2.05, 4.69) is 35.9 Å². The predicted octanol–water partition coefficient (Wildman–Crippen LogP) is 5.90. The van der Waals surface area contributed by atoms with Crippen molar-refractivity contribution in [1.82, 2.24) is 14.8 Å². The van der Waals surface area contributed by atoms with Gasteiger partial charge in [-0.05, 0) is 36.8 Å². The average Bonchev–Trinajstić information content (AvgIpc) is 3.18. The monoisotopic (exact) mass is 570 g/mol. The number of benzene rings is 2. The van der Waals surface area contributed by atoms with Crippen LogP contribution in [-0.2, 0) is 6.54 Å². The number of halogens is 2. The lowest BCUT2D eigenvalue weighted by Gasteiger charge is -2.11. The highest BCUT2D eigenvalue weighted by atomic mass is 79.9. The van der Waals surface area contributed by atoms with Gasteiger partial charge in [-0.2, -0.15) is 0 Å². The van der Waals surface area contributed by atoms with Crippen LogP contribution < -0.4 is 14.4 Å². The molecule has 0 bridgehead atoms. The zero-order valence-electron chi connectivity index (χ0n) is 19.2. The number of aromatic nitrogens is 3. The Labute approximate surface area is 219 Å². The number of ketones is 1. The Kier molecular flexibility index (Phi) is 7.51. The Morgan fingerprint density at radius 1 is 1.19 bits per heavy atom. The summed E-state index contributed by atoms with van der Waals surface area (Å²) in [6, 6.07) is 15.5. The van der Waals surface area contributed by atoms with E-state index in [1.807, 2.05) is 12.1 Å². The molecular formula is C24H20BrClN6O4. The summed E-state index contributed by atoms with van der Waals surface area (Å²) < 4.78 is 9.43. The molecule has 2 N–H and O–H groups in total. The minimum absolute atomic E-state index is 0.00839. The van der Waals surface area contributed by atoms with Crippen LogP contribution in [-0.4, -0.2) is 32.6 Å². The number of rotatable bonds is 9. The number of hydrogen-bond donors (Lipinski definition) is 2. The molecule has 0 saturated heterocycles. The number of anilines is 3. The maximum atomic E-state index is 13.3. The third-order valence-corrected chi connectivity index (χ3v) is 6.20. The van der Waals surface area contributed by atoms with Crippen LogP contribution in [0.25, 0.3) is 0 Å². The molecule has 2 aromatic heterocycles. The molecule has 0 saturated carbocycles. The minimum atomic E-state index is -0.504. The molecule has 36 heavy (non-hydrogen) atoms. The van der Waals surface area contributed by atoms with Crippen LogP contribution in [0.3, 0.4) is 0 Å².